The topological polar surface area (TPSA) is 122 Å². The third-order valence-electron chi connectivity index (χ3n) is 4.92. The van der Waals surface area contributed by atoms with Gasteiger partial charge in [0.1, 0.15) is 18.3 Å². The Labute approximate surface area is 190 Å². The first-order chi connectivity index (χ1) is 14.4. The first kappa shape index (κ1) is 21.4. The first-order valence-electron chi connectivity index (χ1n) is 9.31. The number of nitrogens with one attached hydrogen (secondary N) is 1. The number of benzene rings is 1. The van der Waals surface area contributed by atoms with Gasteiger partial charge in [-0.3, -0.25) is 9.36 Å². The van der Waals surface area contributed by atoms with Crippen LogP contribution < -0.4 is 5.32 Å². The maximum absolute atomic E-state index is 12.0. The highest BCUT2D eigenvalue weighted by molar-refractivity contribution is 14.1. The van der Waals surface area contributed by atoms with Crippen LogP contribution in [0, 0.1) is 3.57 Å². The van der Waals surface area contributed by atoms with E-state index in [1.54, 1.807) is 6.92 Å². The lowest BCUT2D eigenvalue weighted by Crippen LogP contribution is -2.35. The highest BCUT2D eigenvalue weighted by Gasteiger charge is 2.47. The quantitative estimate of drug-likeness (QED) is 0.320. The maximum atomic E-state index is 12.0. The number of halogens is 2. The van der Waals surface area contributed by atoms with Crippen molar-refractivity contribution in [1.29, 1.82) is 0 Å². The molecule has 1 aliphatic rings. The van der Waals surface area contributed by atoms with E-state index in [4.69, 9.17) is 16.3 Å². The van der Waals surface area contributed by atoms with Crippen LogP contribution in [0.25, 0.3) is 11.2 Å². The maximum Gasteiger partial charge on any atom is 0.226 e. The average molecular weight is 544 g/mol. The SMILES string of the molecule is CCC(=O)[C@H]1O[C@@H](n2cnc3c(NCc4cccc(I)c4)nc(Cl)nc32)[C@H](O)[C@@H]1O. The van der Waals surface area contributed by atoms with E-state index in [1.165, 1.54) is 10.9 Å². The summed E-state index contributed by atoms with van der Waals surface area (Å²) in [6.07, 6.45) is -3.18. The van der Waals surface area contributed by atoms with Gasteiger partial charge in [-0.25, -0.2) is 4.98 Å². The Balaban J connectivity index is 1.64. The Bertz CT molecular complexity index is 1090. The number of nitrogens with zero attached hydrogens (tertiary/aromatic N) is 4. The number of ether oxygens (including phenoxy) is 1. The summed E-state index contributed by atoms with van der Waals surface area (Å²) in [7, 11) is 0. The van der Waals surface area contributed by atoms with Gasteiger partial charge in [-0.2, -0.15) is 9.97 Å². The number of imidazole rings is 1. The van der Waals surface area contributed by atoms with Crippen LogP contribution >= 0.6 is 34.2 Å². The summed E-state index contributed by atoms with van der Waals surface area (Å²) in [6.45, 7) is 2.17. The zero-order valence-electron chi connectivity index (χ0n) is 15.9. The van der Waals surface area contributed by atoms with Crippen molar-refractivity contribution in [2.75, 3.05) is 5.32 Å². The molecule has 1 saturated heterocycles. The molecular weight excluding hydrogens is 525 g/mol. The molecule has 9 nitrogen and oxygen atoms in total. The van der Waals surface area contributed by atoms with Crippen molar-refractivity contribution in [3.05, 3.63) is 45.0 Å². The third kappa shape index (κ3) is 4.02. The Hall–Kier alpha value is -1.86. The van der Waals surface area contributed by atoms with Gasteiger partial charge in [0.15, 0.2) is 29.0 Å². The second-order valence-electron chi connectivity index (χ2n) is 6.90. The Kier molecular flexibility index (Phi) is 6.21. The molecule has 0 aliphatic carbocycles. The molecule has 2 aromatic heterocycles. The number of carbonyl (C=O) groups is 1. The molecule has 3 aromatic rings. The molecule has 1 aromatic carbocycles. The number of Topliss-reactive ketones (excluding diaryl/α,β-unsaturated/α-hetero) is 1. The fourth-order valence-electron chi connectivity index (χ4n) is 3.39. The third-order valence-corrected chi connectivity index (χ3v) is 5.76. The van der Waals surface area contributed by atoms with Crippen molar-refractivity contribution in [2.45, 2.75) is 44.4 Å². The van der Waals surface area contributed by atoms with Gasteiger partial charge in [0.25, 0.3) is 0 Å². The lowest BCUT2D eigenvalue weighted by atomic mass is 10.1. The average Bonchev–Trinajstić information content (AvgIpc) is 3.27. The molecular formula is C19H19ClIN5O4. The minimum absolute atomic E-state index is 0.0105. The fourth-order valence-corrected chi connectivity index (χ4v) is 4.16. The predicted molar refractivity (Wildman–Crippen MR) is 118 cm³/mol. The van der Waals surface area contributed by atoms with Crippen LogP contribution in [0.4, 0.5) is 5.82 Å². The predicted octanol–water partition coefficient (Wildman–Crippen LogP) is 2.29. The number of ketones is 1. The molecule has 0 bridgehead atoms. The molecule has 11 heteroatoms. The van der Waals surface area contributed by atoms with E-state index in [-0.39, 0.29) is 17.5 Å². The Morgan fingerprint density at radius 2 is 2.13 bits per heavy atom. The van der Waals surface area contributed by atoms with Crippen molar-refractivity contribution in [3.63, 3.8) is 0 Å². The lowest BCUT2D eigenvalue weighted by molar-refractivity contribution is -0.135. The van der Waals surface area contributed by atoms with Crippen LogP contribution in [0.1, 0.15) is 25.1 Å². The van der Waals surface area contributed by atoms with E-state index in [0.29, 0.717) is 23.5 Å². The van der Waals surface area contributed by atoms with Crippen LogP contribution in [0.5, 0.6) is 0 Å². The zero-order chi connectivity index (χ0) is 21.4. The van der Waals surface area contributed by atoms with Gasteiger partial charge in [-0.15, -0.1) is 0 Å². The van der Waals surface area contributed by atoms with Crippen molar-refractivity contribution >= 4 is 57.0 Å². The van der Waals surface area contributed by atoms with Gasteiger partial charge in [0.2, 0.25) is 5.28 Å². The number of hydrogen-bond acceptors (Lipinski definition) is 8. The molecule has 3 N–H and O–H groups in total. The summed E-state index contributed by atoms with van der Waals surface area (Å²) in [4.78, 5) is 24.8. The number of aliphatic hydroxyl groups is 2. The van der Waals surface area contributed by atoms with Gasteiger partial charge < -0.3 is 20.3 Å². The lowest BCUT2D eigenvalue weighted by Gasteiger charge is -2.16. The van der Waals surface area contributed by atoms with E-state index >= 15 is 0 Å². The number of rotatable bonds is 6. The van der Waals surface area contributed by atoms with Crippen molar-refractivity contribution in [3.8, 4) is 0 Å². The van der Waals surface area contributed by atoms with E-state index in [9.17, 15) is 15.0 Å². The van der Waals surface area contributed by atoms with Gasteiger partial charge in [-0.05, 0) is 51.9 Å². The smallest absolute Gasteiger partial charge is 0.226 e. The standard InChI is InChI=1S/C19H19ClIN5O4/c1-2-11(27)15-13(28)14(29)18(30-15)26-8-23-12-16(24-19(20)25-17(12)26)22-7-9-4-3-5-10(21)6-9/h3-6,8,13-15,18,28-29H,2,7H2,1H3,(H,22,24,25)/t13-,14+,15+,18+/m0/s1. The number of fused-ring (bicyclic) bond motifs is 1. The molecule has 30 heavy (non-hydrogen) atoms. The van der Waals surface area contributed by atoms with Gasteiger partial charge in [-0.1, -0.05) is 19.1 Å². The van der Waals surface area contributed by atoms with Gasteiger partial charge >= 0.3 is 0 Å². The molecule has 3 heterocycles. The highest BCUT2D eigenvalue weighted by Crippen LogP contribution is 2.33. The van der Waals surface area contributed by atoms with Crippen LogP contribution in [-0.4, -0.2) is 53.8 Å². The minimum Gasteiger partial charge on any atom is -0.387 e. The summed E-state index contributed by atoms with van der Waals surface area (Å²) in [5, 5.41) is 23.9. The normalized spacial score (nSPS) is 23.8. The molecule has 4 atom stereocenters. The van der Waals surface area contributed by atoms with Crippen LogP contribution in [-0.2, 0) is 16.1 Å². The number of anilines is 1. The number of aliphatic hydroxyl groups excluding tert-OH is 2. The Morgan fingerprint density at radius 3 is 2.87 bits per heavy atom. The van der Waals surface area contributed by atoms with Crippen LogP contribution in [0.15, 0.2) is 30.6 Å². The molecule has 158 valence electrons. The van der Waals surface area contributed by atoms with E-state index in [1.807, 2.05) is 24.3 Å². The first-order valence-corrected chi connectivity index (χ1v) is 10.8. The van der Waals surface area contributed by atoms with Crippen molar-refractivity contribution < 1.29 is 19.7 Å². The molecule has 0 amide bonds. The molecule has 0 radical (unpaired) electrons. The van der Waals surface area contributed by atoms with Crippen LogP contribution in [0.3, 0.4) is 0 Å². The van der Waals surface area contributed by atoms with Crippen molar-refractivity contribution in [1.82, 2.24) is 19.5 Å². The second kappa shape index (κ2) is 8.71. The monoisotopic (exact) mass is 543 g/mol. The summed E-state index contributed by atoms with van der Waals surface area (Å²) in [6, 6.07) is 8.00. The molecule has 4 rings (SSSR count). The van der Waals surface area contributed by atoms with Gasteiger partial charge in [0.05, 0.1) is 6.33 Å². The minimum atomic E-state index is -1.34. The van der Waals surface area contributed by atoms with E-state index < -0.39 is 24.5 Å². The summed E-state index contributed by atoms with van der Waals surface area (Å²) in [5.74, 6) is 0.137. The van der Waals surface area contributed by atoms with E-state index in [2.05, 4.69) is 42.9 Å². The molecule has 1 fully saturated rings. The molecule has 1 aliphatic heterocycles. The number of hydrogen-bond donors (Lipinski definition) is 3. The molecule has 0 saturated carbocycles. The summed E-state index contributed by atoms with van der Waals surface area (Å²) < 4.78 is 8.23. The molecule has 0 spiro atoms. The summed E-state index contributed by atoms with van der Waals surface area (Å²) in [5.41, 5.74) is 1.81. The fraction of sp³-hybridized carbons (Fsp3) is 0.368. The highest BCUT2D eigenvalue weighted by atomic mass is 127. The van der Waals surface area contributed by atoms with Gasteiger partial charge in [0, 0.05) is 16.5 Å². The van der Waals surface area contributed by atoms with Crippen LogP contribution in [0.2, 0.25) is 5.28 Å². The zero-order valence-corrected chi connectivity index (χ0v) is 18.8. The molecule has 0 unspecified atom stereocenters. The Morgan fingerprint density at radius 1 is 1.33 bits per heavy atom. The number of aromatic nitrogens is 4. The number of carbonyl (C=O) groups excluding carboxylic acids is 1. The van der Waals surface area contributed by atoms with Crippen molar-refractivity contribution in [2.24, 2.45) is 0 Å². The largest absolute Gasteiger partial charge is 0.387 e. The van der Waals surface area contributed by atoms with E-state index in [0.717, 1.165) is 9.13 Å². The summed E-state index contributed by atoms with van der Waals surface area (Å²) >= 11 is 8.37. The second-order valence-corrected chi connectivity index (χ2v) is 8.48.